The van der Waals surface area contributed by atoms with E-state index in [4.69, 9.17) is 4.42 Å². The first-order valence-corrected chi connectivity index (χ1v) is 11.2. The first kappa shape index (κ1) is 25.2. The minimum atomic E-state index is -6.02. The fraction of sp³-hybridized carbons (Fsp3) is 0.182. The predicted octanol–water partition coefficient (Wildman–Crippen LogP) is 6.83. The molecule has 0 radical (unpaired) electrons. The van der Waals surface area contributed by atoms with E-state index in [2.05, 4.69) is 4.98 Å². The van der Waals surface area contributed by atoms with Crippen LogP contribution in [0.1, 0.15) is 10.6 Å². The average Bonchev–Trinajstić information content (AvgIpc) is 3.11. The summed E-state index contributed by atoms with van der Waals surface area (Å²) in [4.78, 5) is 14.7. The van der Waals surface area contributed by atoms with Crippen molar-refractivity contribution in [1.29, 1.82) is 0 Å². The van der Waals surface area contributed by atoms with Crippen LogP contribution in [0.15, 0.2) is 67.0 Å². The zero-order valence-corrected chi connectivity index (χ0v) is 18.9. The molecular formula is C22H12F7NO3S2. The second-order valence-electron chi connectivity index (χ2n) is 7.35. The molecule has 4 nitrogen and oxygen atoms in total. The highest BCUT2D eigenvalue weighted by Crippen LogP contribution is 2.53. The highest BCUT2D eigenvalue weighted by atomic mass is 32.2. The Morgan fingerprint density at radius 3 is 2.20 bits per heavy atom. The van der Waals surface area contributed by atoms with Crippen molar-refractivity contribution in [1.82, 2.24) is 4.98 Å². The van der Waals surface area contributed by atoms with Crippen LogP contribution in [0.5, 0.6) is 0 Å². The number of aliphatic hydroxyl groups is 1. The molecule has 0 saturated carbocycles. The fourth-order valence-electron chi connectivity index (χ4n) is 3.34. The molecular weight excluding hydrogens is 523 g/mol. The molecule has 0 saturated heterocycles. The largest absolute Gasteiger partial charge is 0.431 e. The van der Waals surface area contributed by atoms with Crippen molar-refractivity contribution in [2.24, 2.45) is 0 Å². The number of benzene rings is 2. The molecule has 0 unspecified atom stereocenters. The van der Waals surface area contributed by atoms with Crippen LogP contribution in [0, 0.1) is 12.7 Å². The van der Waals surface area contributed by atoms with Gasteiger partial charge in [-0.1, -0.05) is 23.9 Å². The van der Waals surface area contributed by atoms with Gasteiger partial charge >= 0.3 is 18.0 Å². The Morgan fingerprint density at radius 2 is 1.60 bits per heavy atom. The lowest BCUT2D eigenvalue weighted by Crippen LogP contribution is -2.53. The Balaban J connectivity index is 1.74. The van der Waals surface area contributed by atoms with Gasteiger partial charge in [0.1, 0.15) is 11.4 Å². The topological polar surface area (TPSA) is 63.3 Å². The van der Waals surface area contributed by atoms with Gasteiger partial charge in [-0.3, -0.25) is 0 Å². The number of aryl methyl sites for hydroxylation is 1. The van der Waals surface area contributed by atoms with E-state index in [-0.39, 0.29) is 21.3 Å². The zero-order valence-electron chi connectivity index (χ0n) is 17.3. The van der Waals surface area contributed by atoms with Gasteiger partial charge in [-0.25, -0.2) is 14.2 Å². The molecule has 0 fully saturated rings. The first-order valence-electron chi connectivity index (χ1n) is 9.56. The highest BCUT2D eigenvalue weighted by molar-refractivity contribution is 8.01. The first-order chi connectivity index (χ1) is 16.2. The SMILES string of the molecule is Cc1nc(Sc2ccc3c(-c4ccc(F)cc4)cc(=O)oc3c2)sc1C(O)(C(F)(F)F)C(F)(F)F. The Bertz CT molecular complexity index is 1440. The molecule has 2 aromatic heterocycles. The molecule has 0 amide bonds. The van der Waals surface area contributed by atoms with E-state index >= 15 is 0 Å². The van der Waals surface area contributed by atoms with Crippen LogP contribution >= 0.6 is 23.1 Å². The van der Waals surface area contributed by atoms with Crippen LogP contribution in [0.2, 0.25) is 0 Å². The van der Waals surface area contributed by atoms with E-state index in [1.54, 1.807) is 6.07 Å². The number of aromatic nitrogens is 1. The van der Waals surface area contributed by atoms with Crippen LogP contribution in [-0.4, -0.2) is 22.4 Å². The quantitative estimate of drug-likeness (QED) is 0.229. The normalized spacial score (nSPS) is 12.9. The van der Waals surface area contributed by atoms with Gasteiger partial charge in [-0.2, -0.15) is 26.3 Å². The Morgan fingerprint density at radius 1 is 0.971 bits per heavy atom. The molecule has 0 aliphatic carbocycles. The number of halogens is 7. The molecule has 0 atom stereocenters. The minimum Gasteiger partial charge on any atom is -0.423 e. The predicted molar refractivity (Wildman–Crippen MR) is 115 cm³/mol. The molecule has 4 rings (SSSR count). The van der Waals surface area contributed by atoms with Gasteiger partial charge in [-0.15, -0.1) is 11.3 Å². The van der Waals surface area contributed by atoms with E-state index in [1.807, 2.05) is 0 Å². The number of alkyl halides is 6. The summed E-state index contributed by atoms with van der Waals surface area (Å²) in [6, 6.07) is 11.0. The van der Waals surface area contributed by atoms with E-state index in [0.29, 0.717) is 21.4 Å². The molecule has 184 valence electrons. The second kappa shape index (κ2) is 8.64. The average molecular weight is 535 g/mol. The van der Waals surface area contributed by atoms with E-state index in [1.165, 1.54) is 42.5 Å². The van der Waals surface area contributed by atoms with Crippen LogP contribution < -0.4 is 5.63 Å². The van der Waals surface area contributed by atoms with Crippen molar-refractivity contribution in [2.75, 3.05) is 0 Å². The Labute approximate surface area is 200 Å². The zero-order chi connectivity index (χ0) is 25.8. The minimum absolute atomic E-state index is 0.0589. The van der Waals surface area contributed by atoms with Crippen LogP contribution in [-0.2, 0) is 5.60 Å². The number of nitrogens with zero attached hydrogens (tertiary/aromatic N) is 1. The molecule has 0 spiro atoms. The number of hydrogen-bond acceptors (Lipinski definition) is 6. The summed E-state index contributed by atoms with van der Waals surface area (Å²) >= 11 is 0.793. The lowest BCUT2D eigenvalue weighted by atomic mass is 9.99. The van der Waals surface area contributed by atoms with E-state index in [9.17, 15) is 40.6 Å². The third kappa shape index (κ3) is 4.55. The number of rotatable bonds is 4. The van der Waals surface area contributed by atoms with Crippen LogP contribution in [0.4, 0.5) is 30.7 Å². The molecule has 0 bridgehead atoms. The summed E-state index contributed by atoms with van der Waals surface area (Å²) in [5.74, 6) is -0.472. The summed E-state index contributed by atoms with van der Waals surface area (Å²) < 4.78 is 97.8. The molecule has 35 heavy (non-hydrogen) atoms. The summed E-state index contributed by atoms with van der Waals surface area (Å²) in [5, 5.41) is 10.2. The van der Waals surface area contributed by atoms with Gasteiger partial charge in [0, 0.05) is 16.3 Å². The van der Waals surface area contributed by atoms with Gasteiger partial charge in [0.2, 0.25) is 0 Å². The third-order valence-electron chi connectivity index (χ3n) is 5.00. The van der Waals surface area contributed by atoms with Gasteiger partial charge in [0.05, 0.1) is 10.6 Å². The van der Waals surface area contributed by atoms with Gasteiger partial charge in [-0.05, 0) is 48.4 Å². The molecule has 2 aromatic carbocycles. The smallest absolute Gasteiger partial charge is 0.423 e. The van der Waals surface area contributed by atoms with Crippen molar-refractivity contribution >= 4 is 34.1 Å². The summed E-state index contributed by atoms with van der Waals surface area (Å²) in [6.07, 6.45) is -12.0. The van der Waals surface area contributed by atoms with Crippen molar-refractivity contribution in [2.45, 2.75) is 34.1 Å². The highest BCUT2D eigenvalue weighted by Gasteiger charge is 2.72. The van der Waals surface area contributed by atoms with Crippen molar-refractivity contribution in [3.05, 3.63) is 75.3 Å². The van der Waals surface area contributed by atoms with Crippen LogP contribution in [0.25, 0.3) is 22.1 Å². The van der Waals surface area contributed by atoms with E-state index < -0.39 is 40.0 Å². The fourth-order valence-corrected chi connectivity index (χ4v) is 5.67. The molecule has 0 aliphatic rings. The standard InChI is InChI=1S/C22H12F7NO3S2/c1-10-18(20(32,21(24,25)26)22(27,28)29)35-19(30-10)34-13-6-7-14-15(9-17(31)33-16(14)8-13)11-2-4-12(23)5-3-11/h2-9,32H,1H3. The molecule has 1 N–H and O–H groups in total. The maximum absolute atomic E-state index is 13.3. The molecule has 4 aromatic rings. The summed E-state index contributed by atoms with van der Waals surface area (Å²) in [7, 11) is 0. The monoisotopic (exact) mass is 535 g/mol. The summed E-state index contributed by atoms with van der Waals surface area (Å²) in [5.41, 5.74) is -5.34. The molecule has 13 heteroatoms. The lowest BCUT2D eigenvalue weighted by molar-refractivity contribution is -0.375. The van der Waals surface area contributed by atoms with Crippen molar-refractivity contribution in [3.63, 3.8) is 0 Å². The van der Waals surface area contributed by atoms with E-state index in [0.717, 1.165) is 18.7 Å². The number of fused-ring (bicyclic) bond motifs is 1. The van der Waals surface area contributed by atoms with Gasteiger partial charge in [0.15, 0.2) is 4.34 Å². The van der Waals surface area contributed by atoms with Gasteiger partial charge in [0.25, 0.3) is 5.60 Å². The van der Waals surface area contributed by atoms with Crippen LogP contribution in [0.3, 0.4) is 0 Å². The second-order valence-corrected chi connectivity index (χ2v) is 9.67. The Kier molecular flexibility index (Phi) is 6.22. The molecule has 0 aliphatic heterocycles. The Hall–Kier alpha value is -2.90. The third-order valence-corrected chi connectivity index (χ3v) is 7.32. The number of hydrogen-bond donors (Lipinski definition) is 1. The maximum atomic E-state index is 13.3. The molecule has 2 heterocycles. The number of thiazole rings is 1. The van der Waals surface area contributed by atoms with Gasteiger partial charge < -0.3 is 9.52 Å². The van der Waals surface area contributed by atoms with Crippen molar-refractivity contribution < 1.29 is 40.3 Å². The summed E-state index contributed by atoms with van der Waals surface area (Å²) in [6.45, 7) is 0.937. The maximum Gasteiger partial charge on any atom is 0.431 e. The lowest BCUT2D eigenvalue weighted by Gasteiger charge is -2.31. The van der Waals surface area contributed by atoms with Crippen molar-refractivity contribution in [3.8, 4) is 11.1 Å².